The number of ether oxygens (including phenoxy) is 1. The molecule has 23 heavy (non-hydrogen) atoms. The Hall–Kier alpha value is -2.66. The molecule has 1 N–H and O–H groups in total. The number of hydrogen-bond donors (Lipinski definition) is 1. The maximum atomic E-state index is 14.2. The van der Waals surface area contributed by atoms with E-state index in [0.29, 0.717) is 21.8 Å². The summed E-state index contributed by atoms with van der Waals surface area (Å²) in [5.74, 6) is -1.04. The summed E-state index contributed by atoms with van der Waals surface area (Å²) in [6, 6.07) is 13.2. The van der Waals surface area contributed by atoms with Gasteiger partial charge in [-0.05, 0) is 18.2 Å². The van der Waals surface area contributed by atoms with E-state index in [1.165, 1.54) is 13.2 Å². The molecule has 0 saturated heterocycles. The topological polar surface area (TPSA) is 55.0 Å². The van der Waals surface area contributed by atoms with E-state index in [-0.39, 0.29) is 11.3 Å². The van der Waals surface area contributed by atoms with Gasteiger partial charge >= 0.3 is 5.97 Å². The SMILES string of the molecule is COC(=O)c1[nH]nc(-c2ccccc2F)c1-c1ccccc1Cl. The summed E-state index contributed by atoms with van der Waals surface area (Å²) in [4.78, 5) is 12.0. The van der Waals surface area contributed by atoms with Crippen LogP contribution in [-0.2, 0) is 4.74 Å². The number of hydrogen-bond acceptors (Lipinski definition) is 3. The molecule has 0 fully saturated rings. The summed E-state index contributed by atoms with van der Waals surface area (Å²) in [5, 5.41) is 7.16. The van der Waals surface area contributed by atoms with Crippen LogP contribution >= 0.6 is 11.6 Å². The fourth-order valence-electron chi connectivity index (χ4n) is 2.37. The molecular formula is C17H12ClFN2O2. The fraction of sp³-hybridized carbons (Fsp3) is 0.0588. The highest BCUT2D eigenvalue weighted by atomic mass is 35.5. The van der Waals surface area contributed by atoms with E-state index in [1.807, 2.05) is 0 Å². The van der Waals surface area contributed by atoms with Gasteiger partial charge in [-0.25, -0.2) is 9.18 Å². The molecule has 3 aromatic rings. The third-order valence-corrected chi connectivity index (χ3v) is 3.76. The van der Waals surface area contributed by atoms with Gasteiger partial charge in [0.05, 0.1) is 7.11 Å². The normalized spacial score (nSPS) is 10.6. The Bertz CT molecular complexity index is 877. The van der Waals surface area contributed by atoms with Crippen LogP contribution in [0.4, 0.5) is 4.39 Å². The number of esters is 1. The Morgan fingerprint density at radius 3 is 2.43 bits per heavy atom. The van der Waals surface area contributed by atoms with Gasteiger partial charge in [-0.1, -0.05) is 41.9 Å². The number of aromatic amines is 1. The van der Waals surface area contributed by atoms with Crippen LogP contribution in [0.5, 0.6) is 0 Å². The number of methoxy groups -OCH3 is 1. The number of carbonyl (C=O) groups is 1. The number of H-pyrrole nitrogens is 1. The van der Waals surface area contributed by atoms with Gasteiger partial charge in [0.25, 0.3) is 0 Å². The molecule has 0 spiro atoms. The molecule has 0 atom stereocenters. The van der Waals surface area contributed by atoms with Crippen LogP contribution in [0.15, 0.2) is 48.5 Å². The monoisotopic (exact) mass is 330 g/mol. The van der Waals surface area contributed by atoms with Gasteiger partial charge in [-0.2, -0.15) is 5.10 Å². The minimum Gasteiger partial charge on any atom is -0.464 e. The summed E-state index contributed by atoms with van der Waals surface area (Å²) in [5.41, 5.74) is 1.68. The smallest absolute Gasteiger partial charge is 0.356 e. The second-order valence-corrected chi connectivity index (χ2v) is 5.18. The maximum Gasteiger partial charge on any atom is 0.356 e. The zero-order valence-corrected chi connectivity index (χ0v) is 12.9. The average Bonchev–Trinajstić information content (AvgIpc) is 2.99. The van der Waals surface area contributed by atoms with Gasteiger partial charge < -0.3 is 4.74 Å². The number of aromatic nitrogens is 2. The first-order valence-corrected chi connectivity index (χ1v) is 7.17. The summed E-state index contributed by atoms with van der Waals surface area (Å²) in [6.07, 6.45) is 0. The Morgan fingerprint density at radius 2 is 1.78 bits per heavy atom. The van der Waals surface area contributed by atoms with E-state index in [1.54, 1.807) is 42.5 Å². The first-order chi connectivity index (χ1) is 11.1. The van der Waals surface area contributed by atoms with Crippen LogP contribution in [0.25, 0.3) is 22.4 Å². The summed E-state index contributed by atoms with van der Waals surface area (Å²) in [6.45, 7) is 0. The Labute approximate surface area is 136 Å². The van der Waals surface area contributed by atoms with Crippen LogP contribution in [0.1, 0.15) is 10.5 Å². The third kappa shape index (κ3) is 2.71. The van der Waals surface area contributed by atoms with Crippen molar-refractivity contribution in [3.8, 4) is 22.4 Å². The lowest BCUT2D eigenvalue weighted by molar-refractivity contribution is 0.0595. The minimum atomic E-state index is -0.602. The molecule has 6 heteroatoms. The zero-order valence-electron chi connectivity index (χ0n) is 12.1. The lowest BCUT2D eigenvalue weighted by atomic mass is 9.98. The quantitative estimate of drug-likeness (QED) is 0.727. The van der Waals surface area contributed by atoms with Crippen LogP contribution in [-0.4, -0.2) is 23.3 Å². The molecule has 0 radical (unpaired) electrons. The first kappa shape index (κ1) is 15.2. The van der Waals surface area contributed by atoms with Gasteiger partial charge in [0.2, 0.25) is 0 Å². The molecule has 1 aromatic heterocycles. The molecule has 2 aromatic carbocycles. The zero-order chi connectivity index (χ0) is 16.4. The molecule has 0 aliphatic heterocycles. The molecule has 116 valence electrons. The molecule has 0 unspecified atom stereocenters. The highest BCUT2D eigenvalue weighted by Crippen LogP contribution is 2.38. The molecule has 0 aliphatic rings. The molecule has 4 nitrogen and oxygen atoms in total. The number of nitrogens with one attached hydrogen (secondary N) is 1. The molecule has 1 heterocycles. The summed E-state index contributed by atoms with van der Waals surface area (Å²) in [7, 11) is 1.27. The average molecular weight is 331 g/mol. The standard InChI is InChI=1S/C17H12ClFN2O2/c1-23-17(22)16-14(10-6-2-4-8-12(10)18)15(20-21-16)11-7-3-5-9-13(11)19/h2-9H,1H3,(H,20,21). The van der Waals surface area contributed by atoms with E-state index in [0.717, 1.165) is 0 Å². The summed E-state index contributed by atoms with van der Waals surface area (Å²) >= 11 is 6.25. The van der Waals surface area contributed by atoms with E-state index < -0.39 is 11.8 Å². The second-order valence-electron chi connectivity index (χ2n) is 4.77. The van der Waals surface area contributed by atoms with Crippen molar-refractivity contribution in [1.82, 2.24) is 10.2 Å². The van der Waals surface area contributed by atoms with Crippen molar-refractivity contribution in [2.45, 2.75) is 0 Å². The Kier molecular flexibility index (Phi) is 4.12. The highest BCUT2D eigenvalue weighted by molar-refractivity contribution is 6.33. The van der Waals surface area contributed by atoms with Crippen molar-refractivity contribution in [2.24, 2.45) is 0 Å². The lowest BCUT2D eigenvalue weighted by Gasteiger charge is -2.08. The highest BCUT2D eigenvalue weighted by Gasteiger charge is 2.24. The van der Waals surface area contributed by atoms with E-state index in [2.05, 4.69) is 10.2 Å². The number of carbonyl (C=O) groups excluding carboxylic acids is 1. The fourth-order valence-corrected chi connectivity index (χ4v) is 2.60. The van der Waals surface area contributed by atoms with Crippen molar-refractivity contribution >= 4 is 17.6 Å². The summed E-state index contributed by atoms with van der Waals surface area (Å²) < 4.78 is 18.9. The van der Waals surface area contributed by atoms with Gasteiger partial charge in [-0.15, -0.1) is 0 Å². The number of benzene rings is 2. The van der Waals surface area contributed by atoms with Crippen LogP contribution in [0.3, 0.4) is 0 Å². The van der Waals surface area contributed by atoms with Gasteiger partial charge in [0.1, 0.15) is 11.5 Å². The number of halogens is 2. The van der Waals surface area contributed by atoms with Crippen molar-refractivity contribution in [2.75, 3.05) is 7.11 Å². The first-order valence-electron chi connectivity index (χ1n) is 6.80. The number of nitrogens with zero attached hydrogens (tertiary/aromatic N) is 1. The van der Waals surface area contributed by atoms with Gasteiger partial charge in [-0.3, -0.25) is 5.10 Å². The van der Waals surface area contributed by atoms with E-state index in [9.17, 15) is 9.18 Å². The molecule has 0 bridgehead atoms. The lowest BCUT2D eigenvalue weighted by Crippen LogP contribution is -2.03. The van der Waals surface area contributed by atoms with Crippen LogP contribution in [0.2, 0.25) is 5.02 Å². The van der Waals surface area contributed by atoms with Gasteiger partial charge in [0.15, 0.2) is 5.69 Å². The van der Waals surface area contributed by atoms with Crippen LogP contribution in [0, 0.1) is 5.82 Å². The third-order valence-electron chi connectivity index (χ3n) is 3.43. The second kappa shape index (κ2) is 6.22. The Morgan fingerprint density at radius 1 is 1.13 bits per heavy atom. The minimum absolute atomic E-state index is 0.124. The number of rotatable bonds is 3. The molecule has 3 rings (SSSR count). The van der Waals surface area contributed by atoms with E-state index >= 15 is 0 Å². The van der Waals surface area contributed by atoms with Crippen molar-refractivity contribution in [1.29, 1.82) is 0 Å². The predicted molar refractivity (Wildman–Crippen MR) is 85.8 cm³/mol. The van der Waals surface area contributed by atoms with Crippen LogP contribution < -0.4 is 0 Å². The van der Waals surface area contributed by atoms with Gasteiger partial charge in [0, 0.05) is 21.7 Å². The predicted octanol–water partition coefficient (Wildman–Crippen LogP) is 4.32. The Balaban J connectivity index is 2.31. The molecular weight excluding hydrogens is 319 g/mol. The van der Waals surface area contributed by atoms with Crippen molar-refractivity contribution in [3.63, 3.8) is 0 Å². The molecule has 0 saturated carbocycles. The largest absolute Gasteiger partial charge is 0.464 e. The van der Waals surface area contributed by atoms with Crippen molar-refractivity contribution in [3.05, 3.63) is 65.1 Å². The van der Waals surface area contributed by atoms with E-state index in [4.69, 9.17) is 16.3 Å². The molecule has 0 aliphatic carbocycles. The molecule has 0 amide bonds. The van der Waals surface area contributed by atoms with Crippen molar-refractivity contribution < 1.29 is 13.9 Å². The maximum absolute atomic E-state index is 14.2.